The van der Waals surface area contributed by atoms with Gasteiger partial charge in [-0.1, -0.05) is 12.1 Å². The van der Waals surface area contributed by atoms with E-state index in [9.17, 15) is 0 Å². The molecule has 0 spiro atoms. The number of benzene rings is 1. The van der Waals surface area contributed by atoms with E-state index < -0.39 is 0 Å². The molecular weight excluding hydrogens is 188 g/mol. The number of nitrogen functional groups attached to an aromatic ring is 1. The lowest BCUT2D eigenvalue weighted by atomic mass is 10.1. The van der Waals surface area contributed by atoms with Gasteiger partial charge in [-0.3, -0.25) is 5.41 Å². The summed E-state index contributed by atoms with van der Waals surface area (Å²) in [5, 5.41) is 8.47. The fourth-order valence-corrected chi connectivity index (χ4v) is 1.44. The number of hydrogen-bond acceptors (Lipinski definition) is 2. The van der Waals surface area contributed by atoms with Crippen LogP contribution in [0, 0.1) is 5.41 Å². The first-order valence-electron chi connectivity index (χ1n) is 3.71. The topological polar surface area (TPSA) is 63.0 Å². The molecule has 0 radical (unpaired) electrons. The van der Waals surface area contributed by atoms with Crippen LogP contribution in [-0.4, -0.2) is 5.84 Å². The summed E-state index contributed by atoms with van der Waals surface area (Å²) in [5.41, 5.74) is 6.51. The molecule has 0 aliphatic heterocycles. The number of nitrogens with two attached hydrogens (primary N) is 1. The Morgan fingerprint density at radius 2 is 2.23 bits per heavy atom. The van der Waals surface area contributed by atoms with E-state index in [-0.39, 0.29) is 5.84 Å². The van der Waals surface area contributed by atoms with Crippen molar-refractivity contribution >= 4 is 28.4 Å². The number of halogens is 1. The average Bonchev–Trinajstić information content (AvgIpc) is 2.43. The fraction of sp³-hybridized carbons (Fsp3) is 0. The monoisotopic (exact) mass is 194 g/mol. The largest absolute Gasteiger partial charge is 0.444 e. The molecule has 1 heterocycles. The molecule has 0 saturated heterocycles. The highest BCUT2D eigenvalue weighted by Gasteiger charge is 2.08. The third kappa shape index (κ3) is 1.27. The van der Waals surface area contributed by atoms with Crippen LogP contribution in [0.3, 0.4) is 0 Å². The summed E-state index contributed by atoms with van der Waals surface area (Å²) >= 11 is 5.68. The Morgan fingerprint density at radius 3 is 2.92 bits per heavy atom. The molecule has 66 valence electrons. The smallest absolute Gasteiger partial charge is 0.194 e. The molecule has 2 rings (SSSR count). The highest BCUT2D eigenvalue weighted by atomic mass is 35.5. The molecule has 2 aromatic rings. The van der Waals surface area contributed by atoms with Crippen LogP contribution in [0.4, 0.5) is 0 Å². The van der Waals surface area contributed by atoms with Gasteiger partial charge in [0, 0.05) is 11.5 Å². The first-order valence-corrected chi connectivity index (χ1v) is 4.09. The minimum atomic E-state index is -0.0170. The lowest BCUT2D eigenvalue weighted by Gasteiger charge is -1.97. The highest BCUT2D eigenvalue weighted by Crippen LogP contribution is 2.25. The van der Waals surface area contributed by atoms with Crippen LogP contribution < -0.4 is 5.73 Å². The van der Waals surface area contributed by atoms with E-state index in [1.54, 1.807) is 12.1 Å². The van der Waals surface area contributed by atoms with Gasteiger partial charge in [-0.15, -0.1) is 0 Å². The zero-order valence-electron chi connectivity index (χ0n) is 6.67. The molecule has 1 aromatic carbocycles. The van der Waals surface area contributed by atoms with Crippen molar-refractivity contribution in [2.75, 3.05) is 0 Å². The van der Waals surface area contributed by atoms with Crippen molar-refractivity contribution in [2.24, 2.45) is 5.73 Å². The van der Waals surface area contributed by atoms with Gasteiger partial charge in [-0.05, 0) is 17.7 Å². The number of fused-ring (bicyclic) bond motifs is 1. The molecule has 0 saturated carbocycles. The summed E-state index contributed by atoms with van der Waals surface area (Å²) in [6.45, 7) is 0. The van der Waals surface area contributed by atoms with Gasteiger partial charge >= 0.3 is 0 Å². The van der Waals surface area contributed by atoms with Crippen molar-refractivity contribution in [3.63, 3.8) is 0 Å². The van der Waals surface area contributed by atoms with Crippen molar-refractivity contribution in [1.29, 1.82) is 5.41 Å². The third-order valence-corrected chi connectivity index (χ3v) is 1.99. The number of rotatable bonds is 1. The average molecular weight is 195 g/mol. The fourth-order valence-electron chi connectivity index (χ4n) is 1.24. The Bertz CT molecular complexity index is 475. The lowest BCUT2D eigenvalue weighted by molar-refractivity contribution is 0.617. The lowest BCUT2D eigenvalue weighted by Crippen LogP contribution is -2.10. The minimum Gasteiger partial charge on any atom is -0.444 e. The van der Waals surface area contributed by atoms with Crippen molar-refractivity contribution in [3.8, 4) is 0 Å². The Labute approximate surface area is 79.6 Å². The van der Waals surface area contributed by atoms with E-state index in [0.29, 0.717) is 16.4 Å². The molecule has 1 aromatic heterocycles. The van der Waals surface area contributed by atoms with Gasteiger partial charge in [0.1, 0.15) is 11.4 Å². The normalized spacial score (nSPS) is 10.5. The van der Waals surface area contributed by atoms with E-state index >= 15 is 0 Å². The standard InChI is InChI=1S/C9H7ClN2O/c10-7-4-5-2-1-3-6(9(11)12)8(5)13-7/h1-4H,(H3,11,12). The number of furan rings is 1. The predicted molar refractivity (Wildman–Crippen MR) is 52.2 cm³/mol. The molecule has 3 N–H and O–H groups in total. The first kappa shape index (κ1) is 8.13. The van der Waals surface area contributed by atoms with E-state index in [2.05, 4.69) is 0 Å². The second-order valence-electron chi connectivity index (χ2n) is 2.69. The van der Waals surface area contributed by atoms with Crippen molar-refractivity contribution < 1.29 is 4.42 Å². The van der Waals surface area contributed by atoms with Crippen LogP contribution in [0.2, 0.25) is 5.22 Å². The third-order valence-electron chi connectivity index (χ3n) is 1.80. The van der Waals surface area contributed by atoms with Crippen LogP contribution in [0.15, 0.2) is 28.7 Å². The molecule has 0 amide bonds. The van der Waals surface area contributed by atoms with Crippen LogP contribution in [0.5, 0.6) is 0 Å². The maximum absolute atomic E-state index is 7.30. The van der Waals surface area contributed by atoms with E-state index in [0.717, 1.165) is 5.39 Å². The molecule has 0 fully saturated rings. The molecule has 0 atom stereocenters. The summed E-state index contributed by atoms with van der Waals surface area (Å²) in [7, 11) is 0. The van der Waals surface area contributed by atoms with Gasteiger partial charge in [-0.25, -0.2) is 0 Å². The minimum absolute atomic E-state index is 0.0170. The SMILES string of the molecule is N=C(N)c1cccc2cc(Cl)oc12. The molecule has 0 aliphatic carbocycles. The van der Waals surface area contributed by atoms with E-state index in [1.807, 2.05) is 12.1 Å². The number of amidine groups is 1. The molecular formula is C9H7ClN2O. The summed E-state index contributed by atoms with van der Waals surface area (Å²) in [5.74, 6) is -0.0170. The van der Waals surface area contributed by atoms with Gasteiger partial charge in [-0.2, -0.15) is 0 Å². The number of nitrogens with one attached hydrogen (secondary N) is 1. The van der Waals surface area contributed by atoms with Crippen molar-refractivity contribution in [1.82, 2.24) is 0 Å². The summed E-state index contributed by atoms with van der Waals surface area (Å²) in [4.78, 5) is 0. The predicted octanol–water partition coefficient (Wildman–Crippen LogP) is 2.37. The number of hydrogen-bond donors (Lipinski definition) is 2. The van der Waals surface area contributed by atoms with Crippen molar-refractivity contribution in [2.45, 2.75) is 0 Å². The molecule has 3 nitrogen and oxygen atoms in total. The van der Waals surface area contributed by atoms with Gasteiger partial charge in [0.25, 0.3) is 0 Å². The Hall–Kier alpha value is -1.48. The first-order chi connectivity index (χ1) is 6.18. The summed E-state index contributed by atoms with van der Waals surface area (Å²) in [6, 6.07) is 7.09. The van der Waals surface area contributed by atoms with E-state index in [1.165, 1.54) is 0 Å². The zero-order valence-corrected chi connectivity index (χ0v) is 7.43. The summed E-state index contributed by atoms with van der Waals surface area (Å²) < 4.78 is 5.20. The molecule has 4 heteroatoms. The second kappa shape index (κ2) is 2.78. The maximum atomic E-state index is 7.30. The Balaban J connectivity index is 2.82. The second-order valence-corrected chi connectivity index (χ2v) is 3.06. The van der Waals surface area contributed by atoms with Crippen LogP contribution >= 0.6 is 11.6 Å². The molecule has 0 unspecified atom stereocenters. The van der Waals surface area contributed by atoms with Crippen LogP contribution in [-0.2, 0) is 0 Å². The highest BCUT2D eigenvalue weighted by molar-refractivity contribution is 6.30. The van der Waals surface area contributed by atoms with E-state index in [4.69, 9.17) is 27.2 Å². The van der Waals surface area contributed by atoms with Gasteiger partial charge in [0.05, 0.1) is 5.56 Å². The van der Waals surface area contributed by atoms with Crippen LogP contribution in [0.25, 0.3) is 11.0 Å². The van der Waals surface area contributed by atoms with Gasteiger partial charge < -0.3 is 10.2 Å². The number of para-hydroxylation sites is 1. The molecule has 13 heavy (non-hydrogen) atoms. The van der Waals surface area contributed by atoms with Crippen LogP contribution in [0.1, 0.15) is 5.56 Å². The zero-order chi connectivity index (χ0) is 9.42. The quantitative estimate of drug-likeness (QED) is 0.541. The Morgan fingerprint density at radius 1 is 1.46 bits per heavy atom. The van der Waals surface area contributed by atoms with Gasteiger partial charge in [0.2, 0.25) is 0 Å². The van der Waals surface area contributed by atoms with Crippen molar-refractivity contribution in [3.05, 3.63) is 35.0 Å². The van der Waals surface area contributed by atoms with Gasteiger partial charge in [0.15, 0.2) is 5.22 Å². The molecule has 0 aliphatic rings. The Kier molecular flexibility index (Phi) is 1.74. The summed E-state index contributed by atoms with van der Waals surface area (Å²) in [6.07, 6.45) is 0. The molecule has 0 bridgehead atoms. The maximum Gasteiger partial charge on any atom is 0.194 e.